The Morgan fingerprint density at radius 1 is 0.806 bits per heavy atom. The largest absolute Gasteiger partial charge is 0.481 e. The summed E-state index contributed by atoms with van der Waals surface area (Å²) >= 11 is 0. The molecule has 13 nitrogen and oxygen atoms in total. The van der Waals surface area contributed by atoms with Gasteiger partial charge in [-0.3, -0.25) is 19.2 Å². The number of carbonyl (C=O) groups excluding carboxylic acids is 3. The third-order valence-electron chi connectivity index (χ3n) is 5.21. The Balaban J connectivity index is 4.22. The Bertz CT molecular complexity index is 741. The number of hydrogen-bond acceptors (Lipinski definition) is 8. The summed E-state index contributed by atoms with van der Waals surface area (Å²) < 4.78 is 10.5. The van der Waals surface area contributed by atoms with Crippen LogP contribution in [-0.4, -0.2) is 99.0 Å². The van der Waals surface area contributed by atoms with Crippen LogP contribution in [0.1, 0.15) is 47.0 Å². The number of rotatable bonds is 20. The molecule has 0 radical (unpaired) electrons. The molecular weight excluding hydrogens is 476 g/mol. The number of carboxylic acids is 2. The number of likely N-dealkylation sites (N-methyl/N-ethyl adjacent to an activating group) is 1. The van der Waals surface area contributed by atoms with Crippen LogP contribution in [0.3, 0.4) is 0 Å². The van der Waals surface area contributed by atoms with Crippen LogP contribution in [0.2, 0.25) is 0 Å². The van der Waals surface area contributed by atoms with Gasteiger partial charge < -0.3 is 41.0 Å². The fraction of sp³-hybridized carbons (Fsp3) is 0.783. The van der Waals surface area contributed by atoms with E-state index < -0.39 is 40.6 Å². The molecule has 1 unspecified atom stereocenters. The fourth-order valence-electron chi connectivity index (χ4n) is 3.26. The number of nitrogens with one attached hydrogen (secondary N) is 4. The first-order valence-corrected chi connectivity index (χ1v) is 11.8. The van der Waals surface area contributed by atoms with Crippen molar-refractivity contribution in [3.05, 3.63) is 0 Å². The van der Waals surface area contributed by atoms with E-state index >= 15 is 0 Å². The Morgan fingerprint density at radius 3 is 2.00 bits per heavy atom. The van der Waals surface area contributed by atoms with Gasteiger partial charge in [0.1, 0.15) is 12.6 Å². The van der Waals surface area contributed by atoms with Gasteiger partial charge in [-0.2, -0.15) is 0 Å². The topological polar surface area (TPSA) is 192 Å². The molecule has 0 bridgehead atoms. The van der Waals surface area contributed by atoms with E-state index in [0.29, 0.717) is 13.1 Å². The summed E-state index contributed by atoms with van der Waals surface area (Å²) in [7, 11) is 1.78. The number of carbonyl (C=O) groups is 5. The SMILES string of the molecule is CNCCNC(=O)COCCOCCNC(=O)CCC(NC(=O)C(C)(C)CC(C)(C)C(=O)O)C(=O)O. The summed E-state index contributed by atoms with van der Waals surface area (Å²) in [6, 6.07) is -1.29. The monoisotopic (exact) mass is 518 g/mol. The molecule has 13 heteroatoms. The number of amides is 3. The van der Waals surface area contributed by atoms with Crippen LogP contribution in [-0.2, 0) is 33.4 Å². The zero-order valence-corrected chi connectivity index (χ0v) is 21.9. The molecule has 0 aliphatic carbocycles. The third-order valence-corrected chi connectivity index (χ3v) is 5.21. The summed E-state index contributed by atoms with van der Waals surface area (Å²) in [6.07, 6.45) is -0.261. The summed E-state index contributed by atoms with van der Waals surface area (Å²) in [5.41, 5.74) is -2.30. The molecule has 0 rings (SSSR count). The molecule has 0 aliphatic heterocycles. The van der Waals surface area contributed by atoms with Crippen LogP contribution >= 0.6 is 0 Å². The molecule has 0 heterocycles. The predicted molar refractivity (Wildman–Crippen MR) is 130 cm³/mol. The molecule has 0 aromatic carbocycles. The molecule has 1 atom stereocenters. The molecule has 0 spiro atoms. The first-order valence-electron chi connectivity index (χ1n) is 11.8. The number of ether oxygens (including phenoxy) is 2. The Labute approximate surface area is 212 Å². The lowest BCUT2D eigenvalue weighted by atomic mass is 9.74. The maximum atomic E-state index is 12.6. The van der Waals surface area contributed by atoms with E-state index in [0.717, 1.165) is 0 Å². The average molecular weight is 519 g/mol. The Morgan fingerprint density at radius 2 is 1.42 bits per heavy atom. The quantitative estimate of drug-likeness (QED) is 0.113. The van der Waals surface area contributed by atoms with Crippen molar-refractivity contribution in [2.75, 3.05) is 53.1 Å². The van der Waals surface area contributed by atoms with Crippen LogP contribution in [0.5, 0.6) is 0 Å². The molecule has 208 valence electrons. The van der Waals surface area contributed by atoms with Gasteiger partial charge in [0.2, 0.25) is 17.7 Å². The van der Waals surface area contributed by atoms with Crippen molar-refractivity contribution in [2.45, 2.75) is 53.0 Å². The molecule has 0 aromatic heterocycles. The van der Waals surface area contributed by atoms with Crippen LogP contribution in [0.25, 0.3) is 0 Å². The minimum Gasteiger partial charge on any atom is -0.481 e. The molecule has 0 fully saturated rings. The molecule has 0 aromatic rings. The molecule has 0 aliphatic rings. The second kappa shape index (κ2) is 16.8. The van der Waals surface area contributed by atoms with Crippen LogP contribution in [0.4, 0.5) is 0 Å². The lowest BCUT2D eigenvalue weighted by Gasteiger charge is -2.32. The number of hydrogen-bond donors (Lipinski definition) is 6. The third kappa shape index (κ3) is 14.6. The van der Waals surface area contributed by atoms with Crippen molar-refractivity contribution >= 4 is 29.7 Å². The smallest absolute Gasteiger partial charge is 0.326 e. The van der Waals surface area contributed by atoms with E-state index in [4.69, 9.17) is 9.47 Å². The minimum absolute atomic E-state index is 0.00288. The van der Waals surface area contributed by atoms with E-state index in [-0.39, 0.29) is 58.1 Å². The van der Waals surface area contributed by atoms with Crippen molar-refractivity contribution in [1.29, 1.82) is 0 Å². The first-order chi connectivity index (χ1) is 16.7. The predicted octanol–water partition coefficient (Wildman–Crippen LogP) is -0.652. The van der Waals surface area contributed by atoms with Crippen LogP contribution in [0, 0.1) is 10.8 Å². The average Bonchev–Trinajstić information content (AvgIpc) is 2.77. The highest BCUT2D eigenvalue weighted by Crippen LogP contribution is 2.34. The fourth-order valence-corrected chi connectivity index (χ4v) is 3.26. The van der Waals surface area contributed by atoms with Crippen molar-refractivity contribution in [3.8, 4) is 0 Å². The number of aliphatic carboxylic acids is 2. The van der Waals surface area contributed by atoms with Gasteiger partial charge in [-0.1, -0.05) is 13.8 Å². The van der Waals surface area contributed by atoms with E-state index in [2.05, 4.69) is 21.3 Å². The van der Waals surface area contributed by atoms with E-state index in [1.54, 1.807) is 20.9 Å². The van der Waals surface area contributed by atoms with Gasteiger partial charge in [-0.25, -0.2) is 4.79 Å². The van der Waals surface area contributed by atoms with Crippen LogP contribution in [0.15, 0.2) is 0 Å². The Kier molecular flexibility index (Phi) is 15.5. The van der Waals surface area contributed by atoms with E-state index in [9.17, 15) is 34.2 Å². The summed E-state index contributed by atoms with van der Waals surface area (Å²) in [5.74, 6) is -3.57. The van der Waals surface area contributed by atoms with Crippen molar-refractivity contribution in [2.24, 2.45) is 10.8 Å². The van der Waals surface area contributed by atoms with Crippen molar-refractivity contribution in [1.82, 2.24) is 21.3 Å². The minimum atomic E-state index is -1.29. The highest BCUT2D eigenvalue weighted by Gasteiger charge is 2.40. The first kappa shape index (κ1) is 33.2. The summed E-state index contributed by atoms with van der Waals surface area (Å²) in [6.45, 7) is 8.04. The van der Waals surface area contributed by atoms with Crippen molar-refractivity contribution < 1.29 is 43.7 Å². The van der Waals surface area contributed by atoms with Gasteiger partial charge in [0, 0.05) is 31.5 Å². The van der Waals surface area contributed by atoms with Gasteiger partial charge >= 0.3 is 11.9 Å². The lowest BCUT2D eigenvalue weighted by molar-refractivity contribution is -0.151. The Hall–Kier alpha value is -2.77. The normalized spacial score (nSPS) is 12.5. The molecular formula is C23H42N4O9. The van der Waals surface area contributed by atoms with Crippen molar-refractivity contribution in [3.63, 3.8) is 0 Å². The van der Waals surface area contributed by atoms with E-state index in [1.807, 2.05) is 0 Å². The standard InChI is InChI=1S/C23H42N4O9/c1-22(2,15-23(3,4)21(33)34)20(32)27-16(19(30)31)6-7-17(28)26-10-11-35-12-13-36-14-18(29)25-9-8-24-5/h16,24H,6-15H2,1-5H3,(H,25,29)(H,26,28)(H,27,32)(H,30,31)(H,33,34). The number of carboxylic acid groups (broad SMARTS) is 2. The highest BCUT2D eigenvalue weighted by molar-refractivity contribution is 5.88. The van der Waals surface area contributed by atoms with Gasteiger partial charge in [0.15, 0.2) is 0 Å². The lowest BCUT2D eigenvalue weighted by Crippen LogP contribution is -2.48. The molecule has 3 amide bonds. The maximum absolute atomic E-state index is 12.6. The molecule has 6 N–H and O–H groups in total. The second-order valence-corrected chi connectivity index (χ2v) is 9.62. The molecule has 36 heavy (non-hydrogen) atoms. The van der Waals surface area contributed by atoms with E-state index in [1.165, 1.54) is 13.8 Å². The molecule has 0 saturated carbocycles. The molecule has 0 saturated heterocycles. The van der Waals surface area contributed by atoms with Crippen LogP contribution < -0.4 is 21.3 Å². The summed E-state index contributed by atoms with van der Waals surface area (Å²) in [5, 5.41) is 29.3. The van der Waals surface area contributed by atoms with Gasteiger partial charge in [0.05, 0.1) is 25.2 Å². The zero-order chi connectivity index (χ0) is 27.8. The highest BCUT2D eigenvalue weighted by atomic mass is 16.5. The maximum Gasteiger partial charge on any atom is 0.326 e. The van der Waals surface area contributed by atoms with Gasteiger partial charge in [-0.05, 0) is 33.7 Å². The van der Waals surface area contributed by atoms with Gasteiger partial charge in [-0.15, -0.1) is 0 Å². The summed E-state index contributed by atoms with van der Waals surface area (Å²) in [4.78, 5) is 59.0. The zero-order valence-electron chi connectivity index (χ0n) is 21.9. The van der Waals surface area contributed by atoms with Gasteiger partial charge in [0.25, 0.3) is 0 Å². The second-order valence-electron chi connectivity index (χ2n) is 9.62.